The van der Waals surface area contributed by atoms with Gasteiger partial charge in [0.05, 0.1) is 0 Å². The SMILES string of the molecule is CCNC(=O)/C=C(C)/C=C/C(F)=C(C)\C=C\c1c(C)sc(C)c1C. The van der Waals surface area contributed by atoms with Crippen LogP contribution in [0.25, 0.3) is 6.08 Å². The van der Waals surface area contributed by atoms with E-state index in [-0.39, 0.29) is 11.7 Å². The monoisotopic (exact) mass is 347 g/mol. The zero-order chi connectivity index (χ0) is 18.3. The molecule has 0 radical (unpaired) electrons. The summed E-state index contributed by atoms with van der Waals surface area (Å²) >= 11 is 1.76. The zero-order valence-corrected chi connectivity index (χ0v) is 16.1. The standard InChI is InChI=1S/C20H26FNOS/c1-7-22-20(23)12-13(2)8-11-19(21)14(3)9-10-18-15(4)16(5)24-17(18)6/h8-12H,7H2,1-6H3,(H,22,23)/b10-9+,11-8+,13-12+,19-14+. The summed E-state index contributed by atoms with van der Waals surface area (Å²) in [5, 5.41) is 2.67. The van der Waals surface area contributed by atoms with E-state index >= 15 is 0 Å². The van der Waals surface area contributed by atoms with Gasteiger partial charge in [0, 0.05) is 22.4 Å². The number of rotatable bonds is 6. The lowest BCUT2D eigenvalue weighted by Crippen LogP contribution is -2.20. The van der Waals surface area contributed by atoms with Gasteiger partial charge in [0.25, 0.3) is 0 Å². The molecule has 0 spiro atoms. The molecule has 1 N–H and O–H groups in total. The lowest BCUT2D eigenvalue weighted by Gasteiger charge is -1.98. The highest BCUT2D eigenvalue weighted by atomic mass is 32.1. The predicted octanol–water partition coefficient (Wildman–Crippen LogP) is 5.57. The van der Waals surface area contributed by atoms with Crippen LogP contribution in [-0.4, -0.2) is 12.5 Å². The van der Waals surface area contributed by atoms with Crippen LogP contribution in [0.2, 0.25) is 0 Å². The Bertz CT molecular complexity index is 720. The van der Waals surface area contributed by atoms with E-state index < -0.39 is 0 Å². The highest BCUT2D eigenvalue weighted by molar-refractivity contribution is 7.12. The molecule has 1 heterocycles. The Balaban J connectivity index is 2.87. The first-order valence-electron chi connectivity index (χ1n) is 8.01. The zero-order valence-electron chi connectivity index (χ0n) is 15.3. The number of aryl methyl sites for hydroxylation is 2. The molecule has 0 aliphatic carbocycles. The minimum atomic E-state index is -0.308. The second kappa shape index (κ2) is 9.38. The molecule has 0 aliphatic rings. The molecule has 0 fully saturated rings. The number of likely N-dealkylation sites (N-methyl/N-ethyl adjacent to an activating group) is 1. The van der Waals surface area contributed by atoms with Crippen LogP contribution in [0.5, 0.6) is 0 Å². The van der Waals surface area contributed by atoms with Crippen LogP contribution in [0.1, 0.15) is 41.7 Å². The number of hydrogen-bond acceptors (Lipinski definition) is 2. The maximum Gasteiger partial charge on any atom is 0.244 e. The van der Waals surface area contributed by atoms with E-state index in [1.165, 1.54) is 33.0 Å². The fraction of sp³-hybridized carbons (Fsp3) is 0.350. The summed E-state index contributed by atoms with van der Waals surface area (Å²) in [4.78, 5) is 14.0. The third kappa shape index (κ3) is 5.93. The van der Waals surface area contributed by atoms with E-state index in [0.29, 0.717) is 17.7 Å². The lowest BCUT2D eigenvalue weighted by atomic mass is 10.1. The Morgan fingerprint density at radius 2 is 1.79 bits per heavy atom. The molecule has 0 saturated carbocycles. The van der Waals surface area contributed by atoms with Crippen molar-refractivity contribution in [3.8, 4) is 0 Å². The first-order chi connectivity index (χ1) is 11.3. The molecule has 0 unspecified atom stereocenters. The molecule has 1 rings (SSSR count). The van der Waals surface area contributed by atoms with Crippen molar-refractivity contribution in [1.82, 2.24) is 5.32 Å². The van der Waals surface area contributed by atoms with Crippen molar-refractivity contribution in [3.05, 3.63) is 62.2 Å². The Morgan fingerprint density at radius 3 is 2.33 bits per heavy atom. The Kier molecular flexibility index (Phi) is 7.86. The number of nitrogens with one attached hydrogen (secondary N) is 1. The quantitative estimate of drug-likeness (QED) is 0.529. The molecule has 2 nitrogen and oxygen atoms in total. The first kappa shape index (κ1) is 20.1. The van der Waals surface area contributed by atoms with Gasteiger partial charge in [-0.1, -0.05) is 18.2 Å². The number of thiophene rings is 1. The number of allylic oxidation sites excluding steroid dienone is 6. The highest BCUT2D eigenvalue weighted by Crippen LogP contribution is 2.28. The van der Waals surface area contributed by atoms with Gasteiger partial charge in [-0.15, -0.1) is 11.3 Å². The second-order valence-electron chi connectivity index (χ2n) is 5.73. The van der Waals surface area contributed by atoms with E-state index in [4.69, 9.17) is 0 Å². The van der Waals surface area contributed by atoms with Crippen LogP contribution in [0.15, 0.2) is 41.3 Å². The van der Waals surface area contributed by atoms with Crippen LogP contribution >= 0.6 is 11.3 Å². The Morgan fingerprint density at radius 1 is 1.12 bits per heavy atom. The van der Waals surface area contributed by atoms with E-state index in [9.17, 15) is 9.18 Å². The maximum absolute atomic E-state index is 14.2. The molecule has 130 valence electrons. The van der Waals surface area contributed by atoms with Crippen molar-refractivity contribution in [2.24, 2.45) is 0 Å². The molecule has 0 aromatic carbocycles. The van der Waals surface area contributed by atoms with Gasteiger partial charge in [-0.25, -0.2) is 4.39 Å². The summed E-state index contributed by atoms with van der Waals surface area (Å²) in [6.45, 7) is 12.2. The minimum Gasteiger partial charge on any atom is -0.353 e. The first-order valence-corrected chi connectivity index (χ1v) is 8.83. The van der Waals surface area contributed by atoms with Gasteiger partial charge in [0.15, 0.2) is 0 Å². The predicted molar refractivity (Wildman–Crippen MR) is 103 cm³/mol. The molecule has 0 atom stereocenters. The van der Waals surface area contributed by atoms with Crippen molar-refractivity contribution < 1.29 is 9.18 Å². The molecule has 4 heteroatoms. The van der Waals surface area contributed by atoms with Crippen molar-refractivity contribution >= 4 is 23.3 Å². The molecule has 0 bridgehead atoms. The largest absolute Gasteiger partial charge is 0.353 e. The summed E-state index contributed by atoms with van der Waals surface area (Å²) in [7, 11) is 0. The minimum absolute atomic E-state index is 0.167. The number of halogens is 1. The fourth-order valence-electron chi connectivity index (χ4n) is 2.16. The topological polar surface area (TPSA) is 29.1 Å². The fourth-order valence-corrected chi connectivity index (χ4v) is 3.21. The normalized spacial score (nSPS) is 13.7. The molecule has 1 amide bonds. The van der Waals surface area contributed by atoms with Gasteiger partial charge in [-0.2, -0.15) is 0 Å². The number of amides is 1. The third-order valence-corrected chi connectivity index (χ3v) is 4.84. The third-order valence-electron chi connectivity index (χ3n) is 3.70. The molecule has 24 heavy (non-hydrogen) atoms. The van der Waals surface area contributed by atoms with Gasteiger partial charge >= 0.3 is 0 Å². The summed E-state index contributed by atoms with van der Waals surface area (Å²) in [6, 6.07) is 0. The Labute approximate surface area is 148 Å². The Hall–Kier alpha value is -1.94. The highest BCUT2D eigenvalue weighted by Gasteiger charge is 2.06. The van der Waals surface area contributed by atoms with E-state index in [0.717, 1.165) is 0 Å². The van der Waals surface area contributed by atoms with Crippen molar-refractivity contribution in [3.63, 3.8) is 0 Å². The summed E-state index contributed by atoms with van der Waals surface area (Å²) in [5.74, 6) is -0.475. The summed E-state index contributed by atoms with van der Waals surface area (Å²) < 4.78 is 14.2. The number of carbonyl (C=O) groups excluding carboxylic acids is 1. The van der Waals surface area contributed by atoms with Gasteiger partial charge in [-0.3, -0.25) is 4.79 Å². The van der Waals surface area contributed by atoms with Crippen molar-refractivity contribution in [1.29, 1.82) is 0 Å². The molecule has 1 aromatic rings. The van der Waals surface area contributed by atoms with E-state index in [1.807, 2.05) is 13.0 Å². The number of hydrogen-bond donors (Lipinski definition) is 1. The van der Waals surface area contributed by atoms with Crippen LogP contribution < -0.4 is 5.32 Å². The molecule has 0 aliphatic heterocycles. The average Bonchev–Trinajstić information content (AvgIpc) is 2.75. The molecule has 0 saturated heterocycles. The van der Waals surface area contributed by atoms with Crippen LogP contribution in [-0.2, 0) is 4.79 Å². The van der Waals surface area contributed by atoms with Gasteiger partial charge in [0.2, 0.25) is 5.91 Å². The average molecular weight is 347 g/mol. The van der Waals surface area contributed by atoms with Crippen molar-refractivity contribution in [2.75, 3.05) is 6.54 Å². The second-order valence-corrected chi connectivity index (χ2v) is 7.16. The number of carbonyl (C=O) groups is 1. The maximum atomic E-state index is 14.2. The van der Waals surface area contributed by atoms with Gasteiger partial charge in [-0.05, 0) is 69.9 Å². The van der Waals surface area contributed by atoms with E-state index in [1.54, 1.807) is 37.3 Å². The molecule has 1 aromatic heterocycles. The van der Waals surface area contributed by atoms with Gasteiger partial charge in [0.1, 0.15) is 5.83 Å². The van der Waals surface area contributed by atoms with E-state index in [2.05, 4.69) is 26.1 Å². The van der Waals surface area contributed by atoms with Crippen LogP contribution in [0, 0.1) is 20.8 Å². The van der Waals surface area contributed by atoms with Crippen molar-refractivity contribution in [2.45, 2.75) is 41.5 Å². The smallest absolute Gasteiger partial charge is 0.244 e. The lowest BCUT2D eigenvalue weighted by molar-refractivity contribution is -0.116. The van der Waals surface area contributed by atoms with Crippen LogP contribution in [0.4, 0.5) is 4.39 Å². The molecular weight excluding hydrogens is 321 g/mol. The summed E-state index contributed by atoms with van der Waals surface area (Å²) in [5.41, 5.74) is 3.67. The van der Waals surface area contributed by atoms with Gasteiger partial charge < -0.3 is 5.32 Å². The summed E-state index contributed by atoms with van der Waals surface area (Å²) in [6.07, 6.45) is 8.22. The van der Waals surface area contributed by atoms with Crippen LogP contribution in [0.3, 0.4) is 0 Å². The molecular formula is C20H26FNOS.